The smallest absolute Gasteiger partial charge is 0.434 e. The third kappa shape index (κ3) is 8.25. The number of carbonyl (C=O) groups is 3. The van der Waals surface area contributed by atoms with Crippen LogP contribution in [0.3, 0.4) is 0 Å². The Kier molecular flexibility index (Phi) is 8.38. The number of thiazole rings is 1. The molecule has 0 spiro atoms. The lowest BCUT2D eigenvalue weighted by Crippen LogP contribution is -2.48. The van der Waals surface area contributed by atoms with Gasteiger partial charge in [-0.25, -0.2) is 20.0 Å². The molecule has 0 saturated carbocycles. The van der Waals surface area contributed by atoms with Crippen LogP contribution in [0, 0.1) is 0 Å². The summed E-state index contributed by atoms with van der Waals surface area (Å²) in [6.45, 7) is 8.51. The van der Waals surface area contributed by atoms with E-state index in [2.05, 4.69) is 15.7 Å². The fourth-order valence-corrected chi connectivity index (χ4v) is 3.32. The fraction of sp³-hybridized carbons (Fsp3) is 0.429. The molecule has 1 aromatic carbocycles. The van der Waals surface area contributed by atoms with Gasteiger partial charge in [0.25, 0.3) is 0 Å². The Bertz CT molecular complexity index is 922. The molecule has 0 aliphatic heterocycles. The van der Waals surface area contributed by atoms with Crippen LogP contribution >= 0.6 is 11.3 Å². The molecule has 168 valence electrons. The van der Waals surface area contributed by atoms with E-state index in [0.717, 1.165) is 16.3 Å². The molecular weight excluding hydrogens is 420 g/mol. The third-order valence-electron chi connectivity index (χ3n) is 3.73. The maximum Gasteiger partial charge on any atom is 0.434 e. The number of hydrogen-bond donors (Lipinski definition) is 2. The number of anilines is 2. The van der Waals surface area contributed by atoms with Crippen LogP contribution in [0.15, 0.2) is 29.6 Å². The lowest BCUT2D eigenvalue weighted by molar-refractivity contribution is -0.114. The van der Waals surface area contributed by atoms with Gasteiger partial charge in [-0.15, -0.1) is 11.3 Å². The first-order valence-corrected chi connectivity index (χ1v) is 10.7. The van der Waals surface area contributed by atoms with Crippen LogP contribution in [0.1, 0.15) is 45.9 Å². The SMILES string of the molecule is CCOC(=O)NN(C(=O)OC(C)(C)C)c1cccc(CCc2csc(NC(C)=O)n2)c1. The number of ether oxygens (including phenoxy) is 2. The molecule has 0 aliphatic carbocycles. The first-order chi connectivity index (χ1) is 14.6. The van der Waals surface area contributed by atoms with Crippen LogP contribution in [0.5, 0.6) is 0 Å². The van der Waals surface area contributed by atoms with Gasteiger partial charge in [-0.2, -0.15) is 5.01 Å². The van der Waals surface area contributed by atoms with E-state index >= 15 is 0 Å². The van der Waals surface area contributed by atoms with Crippen LogP contribution in [0.4, 0.5) is 20.4 Å². The molecule has 0 fully saturated rings. The Hall–Kier alpha value is -3.14. The van der Waals surface area contributed by atoms with E-state index in [0.29, 0.717) is 23.7 Å². The lowest BCUT2D eigenvalue weighted by Gasteiger charge is -2.27. The third-order valence-corrected chi connectivity index (χ3v) is 4.53. The van der Waals surface area contributed by atoms with Crippen molar-refractivity contribution in [3.8, 4) is 0 Å². The number of aromatic nitrogens is 1. The van der Waals surface area contributed by atoms with E-state index in [1.54, 1.807) is 45.9 Å². The van der Waals surface area contributed by atoms with Crippen molar-refractivity contribution in [3.05, 3.63) is 40.9 Å². The van der Waals surface area contributed by atoms with E-state index in [1.165, 1.54) is 18.3 Å². The van der Waals surface area contributed by atoms with Crippen LogP contribution in [-0.2, 0) is 27.1 Å². The number of hydrazine groups is 1. The molecule has 10 heteroatoms. The highest BCUT2D eigenvalue weighted by atomic mass is 32.1. The summed E-state index contributed by atoms with van der Waals surface area (Å²) < 4.78 is 10.3. The predicted molar refractivity (Wildman–Crippen MR) is 119 cm³/mol. The van der Waals surface area contributed by atoms with Gasteiger partial charge in [-0.05, 0) is 58.2 Å². The van der Waals surface area contributed by atoms with Gasteiger partial charge in [-0.1, -0.05) is 12.1 Å². The summed E-state index contributed by atoms with van der Waals surface area (Å²) in [5.41, 5.74) is 3.92. The first-order valence-electron chi connectivity index (χ1n) is 9.85. The summed E-state index contributed by atoms with van der Waals surface area (Å²) in [7, 11) is 0. The van der Waals surface area contributed by atoms with E-state index in [1.807, 2.05) is 11.4 Å². The van der Waals surface area contributed by atoms with Gasteiger partial charge in [0.2, 0.25) is 5.91 Å². The Labute approximate surface area is 185 Å². The lowest BCUT2D eigenvalue weighted by atomic mass is 10.1. The van der Waals surface area contributed by atoms with Gasteiger partial charge in [0.15, 0.2) is 5.13 Å². The van der Waals surface area contributed by atoms with E-state index in [4.69, 9.17) is 9.47 Å². The first kappa shape index (κ1) is 24.1. The summed E-state index contributed by atoms with van der Waals surface area (Å²) in [6, 6.07) is 7.19. The molecule has 2 aromatic rings. The molecule has 0 atom stereocenters. The molecule has 1 aromatic heterocycles. The Morgan fingerprint density at radius 3 is 2.58 bits per heavy atom. The number of amides is 3. The highest BCUT2D eigenvalue weighted by Crippen LogP contribution is 2.21. The van der Waals surface area contributed by atoms with Crippen molar-refractivity contribution in [1.29, 1.82) is 0 Å². The molecule has 3 amide bonds. The molecule has 9 nitrogen and oxygen atoms in total. The van der Waals surface area contributed by atoms with Crippen molar-refractivity contribution in [2.24, 2.45) is 0 Å². The van der Waals surface area contributed by atoms with Crippen molar-refractivity contribution >= 4 is 40.2 Å². The van der Waals surface area contributed by atoms with Gasteiger partial charge in [0.1, 0.15) is 5.60 Å². The summed E-state index contributed by atoms with van der Waals surface area (Å²) in [5, 5.41) is 6.15. The molecule has 0 aliphatic rings. The highest BCUT2D eigenvalue weighted by Gasteiger charge is 2.25. The molecule has 1 heterocycles. The zero-order valence-electron chi connectivity index (χ0n) is 18.4. The predicted octanol–water partition coefficient (Wildman–Crippen LogP) is 4.29. The van der Waals surface area contributed by atoms with Crippen molar-refractivity contribution in [2.45, 2.75) is 53.1 Å². The molecule has 31 heavy (non-hydrogen) atoms. The quantitative estimate of drug-likeness (QED) is 0.638. The van der Waals surface area contributed by atoms with Crippen LogP contribution < -0.4 is 15.8 Å². The molecule has 0 unspecified atom stereocenters. The average Bonchev–Trinajstić information content (AvgIpc) is 3.10. The van der Waals surface area contributed by atoms with Gasteiger partial charge in [-0.3, -0.25) is 4.79 Å². The minimum Gasteiger partial charge on any atom is -0.449 e. The molecule has 0 saturated heterocycles. The average molecular weight is 449 g/mol. The van der Waals surface area contributed by atoms with Gasteiger partial charge < -0.3 is 14.8 Å². The second-order valence-corrected chi connectivity index (χ2v) is 8.50. The van der Waals surface area contributed by atoms with Gasteiger partial charge in [0, 0.05) is 12.3 Å². The van der Waals surface area contributed by atoms with Crippen molar-refractivity contribution in [2.75, 3.05) is 16.9 Å². The summed E-state index contributed by atoms with van der Waals surface area (Å²) >= 11 is 1.37. The van der Waals surface area contributed by atoms with Crippen molar-refractivity contribution < 1.29 is 23.9 Å². The Morgan fingerprint density at radius 1 is 1.19 bits per heavy atom. The monoisotopic (exact) mass is 448 g/mol. The highest BCUT2D eigenvalue weighted by molar-refractivity contribution is 7.13. The number of aryl methyl sites for hydroxylation is 2. The molecule has 2 N–H and O–H groups in total. The standard InChI is InChI=1S/C21H28N4O5S/c1-6-29-19(27)24-25(20(28)30-21(3,4)5)17-9-7-8-15(12-17)10-11-16-13-31-18(23-16)22-14(2)26/h7-9,12-13H,6,10-11H2,1-5H3,(H,24,27)(H,22,23,26). The van der Waals surface area contributed by atoms with Gasteiger partial charge >= 0.3 is 12.2 Å². The maximum atomic E-state index is 12.7. The second kappa shape index (κ2) is 10.8. The summed E-state index contributed by atoms with van der Waals surface area (Å²) in [5.74, 6) is -0.162. The van der Waals surface area contributed by atoms with Crippen LogP contribution in [0.2, 0.25) is 0 Å². The van der Waals surface area contributed by atoms with E-state index < -0.39 is 17.8 Å². The molecule has 0 bridgehead atoms. The van der Waals surface area contributed by atoms with E-state index in [9.17, 15) is 14.4 Å². The van der Waals surface area contributed by atoms with Crippen LogP contribution in [-0.4, -0.2) is 35.3 Å². The second-order valence-electron chi connectivity index (χ2n) is 7.64. The summed E-state index contributed by atoms with van der Waals surface area (Å²) in [4.78, 5) is 40.1. The Balaban J connectivity index is 2.15. The minimum atomic E-state index is -0.758. The number of nitrogens with one attached hydrogen (secondary N) is 2. The number of rotatable bonds is 6. The number of benzene rings is 1. The maximum absolute atomic E-state index is 12.7. The van der Waals surface area contributed by atoms with Crippen LogP contribution in [0.25, 0.3) is 0 Å². The zero-order chi connectivity index (χ0) is 23.0. The Morgan fingerprint density at radius 2 is 1.94 bits per heavy atom. The normalized spacial score (nSPS) is 10.9. The van der Waals surface area contributed by atoms with E-state index in [-0.39, 0.29) is 12.5 Å². The largest absolute Gasteiger partial charge is 0.449 e. The fourth-order valence-electron chi connectivity index (χ4n) is 2.53. The number of carbonyl (C=O) groups excluding carboxylic acids is 3. The molecule has 2 rings (SSSR count). The molecule has 0 radical (unpaired) electrons. The number of nitrogens with zero attached hydrogens (tertiary/aromatic N) is 2. The summed E-state index contributed by atoms with van der Waals surface area (Å²) in [6.07, 6.45) is -0.181. The minimum absolute atomic E-state index is 0.162. The zero-order valence-corrected chi connectivity index (χ0v) is 19.2. The van der Waals surface area contributed by atoms with Crippen molar-refractivity contribution in [1.82, 2.24) is 10.4 Å². The number of hydrogen-bond acceptors (Lipinski definition) is 7. The van der Waals surface area contributed by atoms with Crippen molar-refractivity contribution in [3.63, 3.8) is 0 Å². The van der Waals surface area contributed by atoms with Gasteiger partial charge in [0.05, 0.1) is 18.0 Å². The topological polar surface area (TPSA) is 110 Å². The molecular formula is C21H28N4O5S.